The normalized spacial score (nSPS) is 9.92. The molecule has 12 heavy (non-hydrogen) atoms. The summed E-state index contributed by atoms with van der Waals surface area (Å²) in [6.45, 7) is 2.87. The van der Waals surface area contributed by atoms with Gasteiger partial charge in [-0.1, -0.05) is 0 Å². The summed E-state index contributed by atoms with van der Waals surface area (Å²) >= 11 is 0. The highest BCUT2D eigenvalue weighted by Gasteiger charge is 2.10. The highest BCUT2D eigenvalue weighted by atomic mass is 16.1. The minimum absolute atomic E-state index is 0.0856. The second-order valence-electron chi connectivity index (χ2n) is 2.65. The molecule has 0 radical (unpaired) electrons. The number of nitrogens with zero attached hydrogens (tertiary/aromatic N) is 2. The number of hydrogen-bond donors (Lipinski definition) is 0. The van der Waals surface area contributed by atoms with E-state index in [4.69, 9.17) is 0 Å². The van der Waals surface area contributed by atoms with E-state index in [1.807, 2.05) is 0 Å². The van der Waals surface area contributed by atoms with Gasteiger partial charge in [0.1, 0.15) is 11.4 Å². The minimum atomic E-state index is -0.127. The van der Waals surface area contributed by atoms with Crippen molar-refractivity contribution in [3.8, 4) is 0 Å². The van der Waals surface area contributed by atoms with E-state index in [-0.39, 0.29) is 11.6 Å². The third-order valence-electron chi connectivity index (χ3n) is 1.60. The average Bonchev–Trinajstić information content (AvgIpc) is 2.30. The van der Waals surface area contributed by atoms with Gasteiger partial charge in [0.2, 0.25) is 0 Å². The zero-order valence-corrected chi connectivity index (χ0v) is 7.29. The number of Topliss-reactive ketones (excluding diaryl/α,β-unsaturated/α-hetero) is 2. The molecule has 0 atom stereocenters. The van der Waals surface area contributed by atoms with Gasteiger partial charge in [0.05, 0.1) is 0 Å². The molecule has 64 valence electrons. The summed E-state index contributed by atoms with van der Waals surface area (Å²) in [5, 5.41) is 3.88. The zero-order chi connectivity index (χ0) is 9.30. The van der Waals surface area contributed by atoms with Crippen molar-refractivity contribution in [3.63, 3.8) is 0 Å². The van der Waals surface area contributed by atoms with Gasteiger partial charge in [0, 0.05) is 20.9 Å². The molecular weight excluding hydrogens is 156 g/mol. The molecule has 1 rings (SSSR count). The van der Waals surface area contributed by atoms with E-state index in [9.17, 15) is 9.59 Å². The van der Waals surface area contributed by atoms with Crippen molar-refractivity contribution in [2.45, 2.75) is 13.8 Å². The van der Waals surface area contributed by atoms with Crippen LogP contribution in [-0.2, 0) is 7.05 Å². The number of aromatic nitrogens is 2. The van der Waals surface area contributed by atoms with Crippen LogP contribution in [0.15, 0.2) is 6.07 Å². The van der Waals surface area contributed by atoms with Crippen LogP contribution >= 0.6 is 0 Å². The van der Waals surface area contributed by atoms with Gasteiger partial charge < -0.3 is 0 Å². The van der Waals surface area contributed by atoms with Gasteiger partial charge >= 0.3 is 0 Å². The summed E-state index contributed by atoms with van der Waals surface area (Å²) in [5.41, 5.74) is 0.794. The first kappa shape index (κ1) is 8.64. The van der Waals surface area contributed by atoms with Crippen LogP contribution in [-0.4, -0.2) is 21.3 Å². The molecule has 1 heterocycles. The van der Waals surface area contributed by atoms with Crippen molar-refractivity contribution in [3.05, 3.63) is 17.5 Å². The molecule has 0 saturated carbocycles. The number of rotatable bonds is 2. The lowest BCUT2D eigenvalue weighted by molar-refractivity contribution is 0.0998. The van der Waals surface area contributed by atoms with Gasteiger partial charge in [0.25, 0.3) is 0 Å². The van der Waals surface area contributed by atoms with E-state index in [1.165, 1.54) is 24.6 Å². The summed E-state index contributed by atoms with van der Waals surface area (Å²) in [6, 6.07) is 1.50. The SMILES string of the molecule is CC(=O)c1cc(C(C)=O)n(C)n1. The Balaban J connectivity index is 3.17. The van der Waals surface area contributed by atoms with Crippen LogP contribution in [0.1, 0.15) is 34.8 Å². The van der Waals surface area contributed by atoms with E-state index in [2.05, 4.69) is 5.10 Å². The molecule has 0 spiro atoms. The van der Waals surface area contributed by atoms with Crippen LogP contribution in [0.2, 0.25) is 0 Å². The molecule has 0 aromatic carbocycles. The molecule has 4 heteroatoms. The fourth-order valence-corrected chi connectivity index (χ4v) is 0.969. The molecule has 0 unspecified atom stereocenters. The van der Waals surface area contributed by atoms with Gasteiger partial charge in [-0.05, 0) is 6.07 Å². The van der Waals surface area contributed by atoms with Crippen molar-refractivity contribution in [1.29, 1.82) is 0 Å². The van der Waals surface area contributed by atoms with Gasteiger partial charge in [-0.25, -0.2) is 0 Å². The molecule has 0 amide bonds. The Labute approximate surface area is 70.2 Å². The van der Waals surface area contributed by atoms with Crippen LogP contribution in [0.5, 0.6) is 0 Å². The molecule has 0 aliphatic rings. The van der Waals surface area contributed by atoms with Gasteiger partial charge in [-0.3, -0.25) is 14.3 Å². The molecule has 1 aromatic rings. The van der Waals surface area contributed by atoms with Crippen LogP contribution < -0.4 is 0 Å². The van der Waals surface area contributed by atoms with Crippen molar-refractivity contribution >= 4 is 11.6 Å². The van der Waals surface area contributed by atoms with E-state index in [1.54, 1.807) is 7.05 Å². The topological polar surface area (TPSA) is 52.0 Å². The Hall–Kier alpha value is -1.45. The number of ketones is 2. The summed E-state index contributed by atoms with van der Waals surface area (Å²) in [5.74, 6) is -0.212. The lowest BCUT2D eigenvalue weighted by Crippen LogP contribution is -2.02. The maximum atomic E-state index is 10.9. The molecule has 1 aromatic heterocycles. The van der Waals surface area contributed by atoms with E-state index in [0.717, 1.165) is 0 Å². The zero-order valence-electron chi connectivity index (χ0n) is 7.29. The van der Waals surface area contributed by atoms with Crippen molar-refractivity contribution in [1.82, 2.24) is 9.78 Å². The predicted octanol–water partition coefficient (Wildman–Crippen LogP) is 0.825. The third kappa shape index (κ3) is 1.42. The predicted molar refractivity (Wildman–Crippen MR) is 43.2 cm³/mol. The van der Waals surface area contributed by atoms with Crippen LogP contribution in [0.3, 0.4) is 0 Å². The number of aryl methyl sites for hydroxylation is 1. The number of carbonyl (C=O) groups excluding carboxylic acids is 2. The second-order valence-corrected chi connectivity index (χ2v) is 2.65. The first-order chi connectivity index (χ1) is 5.52. The molecule has 0 N–H and O–H groups in total. The Kier molecular flexibility index (Phi) is 2.08. The Bertz CT molecular complexity index is 339. The number of carbonyl (C=O) groups is 2. The monoisotopic (exact) mass is 166 g/mol. The standard InChI is InChI=1S/C8H10N2O2/c1-5(11)7-4-8(6(2)12)10(3)9-7/h4H,1-3H3. The summed E-state index contributed by atoms with van der Waals surface area (Å²) in [4.78, 5) is 21.8. The molecule has 0 saturated heterocycles. The van der Waals surface area contributed by atoms with Crippen LogP contribution in [0, 0.1) is 0 Å². The van der Waals surface area contributed by atoms with Gasteiger partial charge in [0.15, 0.2) is 11.6 Å². The molecule has 0 aliphatic carbocycles. The first-order valence-electron chi connectivity index (χ1n) is 3.58. The fraction of sp³-hybridized carbons (Fsp3) is 0.375. The van der Waals surface area contributed by atoms with E-state index < -0.39 is 0 Å². The first-order valence-corrected chi connectivity index (χ1v) is 3.58. The quantitative estimate of drug-likeness (QED) is 0.611. The molecule has 0 aliphatic heterocycles. The Morgan fingerprint density at radius 3 is 2.17 bits per heavy atom. The third-order valence-corrected chi connectivity index (χ3v) is 1.60. The molecule has 0 fully saturated rings. The molecule has 4 nitrogen and oxygen atoms in total. The smallest absolute Gasteiger partial charge is 0.180 e. The minimum Gasteiger partial charge on any atom is -0.293 e. The molecule has 0 bridgehead atoms. The number of hydrogen-bond acceptors (Lipinski definition) is 3. The van der Waals surface area contributed by atoms with Crippen LogP contribution in [0.25, 0.3) is 0 Å². The summed E-state index contributed by atoms with van der Waals surface area (Å²) in [6.07, 6.45) is 0. The highest BCUT2D eigenvalue weighted by Crippen LogP contribution is 2.03. The van der Waals surface area contributed by atoms with Gasteiger partial charge in [-0.2, -0.15) is 5.10 Å². The largest absolute Gasteiger partial charge is 0.293 e. The van der Waals surface area contributed by atoms with Gasteiger partial charge in [-0.15, -0.1) is 0 Å². The fourth-order valence-electron chi connectivity index (χ4n) is 0.969. The Morgan fingerprint density at radius 1 is 1.33 bits per heavy atom. The Morgan fingerprint density at radius 2 is 1.92 bits per heavy atom. The second kappa shape index (κ2) is 2.89. The van der Waals surface area contributed by atoms with Crippen LogP contribution in [0.4, 0.5) is 0 Å². The maximum Gasteiger partial charge on any atom is 0.180 e. The lowest BCUT2D eigenvalue weighted by Gasteiger charge is -1.92. The lowest BCUT2D eigenvalue weighted by atomic mass is 10.2. The maximum absolute atomic E-state index is 10.9. The van der Waals surface area contributed by atoms with Crippen molar-refractivity contribution in [2.24, 2.45) is 7.05 Å². The van der Waals surface area contributed by atoms with E-state index in [0.29, 0.717) is 11.4 Å². The van der Waals surface area contributed by atoms with Crippen molar-refractivity contribution < 1.29 is 9.59 Å². The summed E-state index contributed by atoms with van der Waals surface area (Å²) < 4.78 is 1.42. The summed E-state index contributed by atoms with van der Waals surface area (Å²) in [7, 11) is 1.64. The molecular formula is C8H10N2O2. The van der Waals surface area contributed by atoms with Crippen molar-refractivity contribution in [2.75, 3.05) is 0 Å². The highest BCUT2D eigenvalue weighted by molar-refractivity contribution is 5.97. The average molecular weight is 166 g/mol. The van der Waals surface area contributed by atoms with E-state index >= 15 is 0 Å².